The number of halogens is 2. The summed E-state index contributed by atoms with van der Waals surface area (Å²) in [5.41, 5.74) is 3.35. The minimum Gasteiger partial charge on any atom is -0.489 e. The lowest BCUT2D eigenvalue weighted by Crippen LogP contribution is -2.54. The van der Waals surface area contributed by atoms with Crippen LogP contribution in [0.15, 0.2) is 59.6 Å². The van der Waals surface area contributed by atoms with Crippen molar-refractivity contribution in [3.8, 4) is 5.75 Å². The Hall–Kier alpha value is -6.18. The molecule has 3 saturated heterocycles. The molecule has 5 amide bonds. The second-order valence-electron chi connectivity index (χ2n) is 18.5. The topological polar surface area (TPSA) is 204 Å². The zero-order chi connectivity index (χ0) is 49.3. The van der Waals surface area contributed by atoms with Gasteiger partial charge < -0.3 is 30.1 Å². The van der Waals surface area contributed by atoms with Crippen LogP contribution in [0.5, 0.6) is 5.75 Å². The number of piperidine rings is 2. The molecule has 17 nitrogen and oxygen atoms in total. The molecule has 1 aromatic heterocycles. The van der Waals surface area contributed by atoms with E-state index < -0.39 is 50.6 Å². The van der Waals surface area contributed by atoms with E-state index in [1.54, 1.807) is 47.9 Å². The van der Waals surface area contributed by atoms with E-state index in [0.717, 1.165) is 49.0 Å². The van der Waals surface area contributed by atoms with Gasteiger partial charge in [-0.25, -0.2) is 17.8 Å². The number of ether oxygens (including phenoxy) is 1. The molecule has 3 fully saturated rings. The van der Waals surface area contributed by atoms with Crippen molar-refractivity contribution in [1.82, 2.24) is 30.0 Å². The Balaban J connectivity index is 0.827. The molecule has 20 heteroatoms. The summed E-state index contributed by atoms with van der Waals surface area (Å²) >= 11 is 6.51. The van der Waals surface area contributed by atoms with Gasteiger partial charge in [-0.2, -0.15) is 4.98 Å². The van der Waals surface area contributed by atoms with Crippen molar-refractivity contribution in [3.05, 3.63) is 87.8 Å². The maximum atomic E-state index is 15.5. The van der Waals surface area contributed by atoms with Crippen molar-refractivity contribution < 1.29 is 41.5 Å². The predicted molar refractivity (Wildman–Crippen MR) is 259 cm³/mol. The number of piperazine rings is 1. The second kappa shape index (κ2) is 20.4. The molecule has 4 aliphatic rings. The monoisotopic (exact) mass is 985 g/mol. The summed E-state index contributed by atoms with van der Waals surface area (Å²) in [5, 5.41) is 8.16. The van der Waals surface area contributed by atoms with Crippen LogP contribution in [0.25, 0.3) is 0 Å². The first kappa shape index (κ1) is 49.2. The molecule has 0 spiro atoms. The van der Waals surface area contributed by atoms with Gasteiger partial charge in [0.25, 0.3) is 11.8 Å². The highest BCUT2D eigenvalue weighted by Gasteiger charge is 2.45. The average molecular weight is 987 g/mol. The lowest BCUT2D eigenvalue weighted by atomic mass is 9.86. The molecule has 5 heterocycles. The van der Waals surface area contributed by atoms with E-state index in [2.05, 4.69) is 43.8 Å². The van der Waals surface area contributed by atoms with E-state index in [0.29, 0.717) is 62.1 Å². The highest BCUT2D eigenvalue weighted by atomic mass is 35.5. The Bertz CT molecular complexity index is 2800. The molecule has 0 aliphatic carbocycles. The molecule has 4 aromatic rings. The number of nitrogens with one attached hydrogen (secondary N) is 3. The Kier molecular flexibility index (Phi) is 14.6. The van der Waals surface area contributed by atoms with Crippen LogP contribution in [0.2, 0.25) is 5.02 Å². The average Bonchev–Trinajstić information content (AvgIpc) is 3.55. The first-order valence-corrected chi connectivity index (χ1v) is 25.3. The smallest absolute Gasteiger partial charge is 0.262 e. The van der Waals surface area contributed by atoms with Crippen molar-refractivity contribution >= 4 is 79.8 Å². The van der Waals surface area contributed by atoms with Crippen LogP contribution in [-0.2, 0) is 24.2 Å². The Morgan fingerprint density at radius 2 is 1.61 bits per heavy atom. The number of rotatable bonds is 15. The largest absolute Gasteiger partial charge is 0.489 e. The highest BCUT2D eigenvalue weighted by Crippen LogP contribution is 2.39. The number of nitrogens with zero attached hydrogens (tertiary/aromatic N) is 6. The summed E-state index contributed by atoms with van der Waals surface area (Å²) in [6, 6.07) is 12.0. The van der Waals surface area contributed by atoms with E-state index in [9.17, 15) is 32.4 Å². The van der Waals surface area contributed by atoms with Gasteiger partial charge in [0.05, 0.1) is 50.6 Å². The summed E-state index contributed by atoms with van der Waals surface area (Å²) in [6.07, 6.45) is 4.27. The van der Waals surface area contributed by atoms with Crippen LogP contribution >= 0.6 is 11.6 Å². The fourth-order valence-corrected chi connectivity index (χ4v) is 10.8. The van der Waals surface area contributed by atoms with Crippen LogP contribution < -0.4 is 25.6 Å². The number of hydrogen-bond donors (Lipinski definition) is 3. The molecule has 366 valence electrons. The molecular weight excluding hydrogens is 929 g/mol. The number of aryl methyl sites for hydroxylation is 1. The minimum atomic E-state index is -3.60. The van der Waals surface area contributed by atoms with E-state index in [4.69, 9.17) is 16.3 Å². The normalized spacial score (nSPS) is 18.3. The van der Waals surface area contributed by atoms with Crippen LogP contribution in [0, 0.1) is 12.7 Å². The van der Waals surface area contributed by atoms with E-state index in [1.165, 1.54) is 17.8 Å². The number of aromatic nitrogens is 2. The maximum Gasteiger partial charge on any atom is 0.262 e. The van der Waals surface area contributed by atoms with Gasteiger partial charge in [-0.05, 0) is 133 Å². The lowest BCUT2D eigenvalue weighted by Gasteiger charge is -2.36. The Labute approximate surface area is 406 Å². The number of para-hydroxylation sites is 1. The summed E-state index contributed by atoms with van der Waals surface area (Å²) in [7, 11) is -3.60. The van der Waals surface area contributed by atoms with Gasteiger partial charge in [0, 0.05) is 39.0 Å². The van der Waals surface area contributed by atoms with E-state index in [-0.39, 0.29) is 63.4 Å². The summed E-state index contributed by atoms with van der Waals surface area (Å²) in [5.74, 6) is -1.89. The molecule has 1 atom stereocenters. The van der Waals surface area contributed by atoms with Crippen molar-refractivity contribution in [2.45, 2.75) is 101 Å². The van der Waals surface area contributed by atoms with E-state index >= 15 is 4.39 Å². The number of hydrogen-bond acceptors (Lipinski definition) is 14. The summed E-state index contributed by atoms with van der Waals surface area (Å²) < 4.78 is 48.0. The number of carbonyl (C=O) groups is 5. The van der Waals surface area contributed by atoms with Crippen LogP contribution in [0.4, 0.5) is 33.2 Å². The fourth-order valence-electron chi connectivity index (χ4n) is 9.43. The number of sulfone groups is 1. The lowest BCUT2D eigenvalue weighted by molar-refractivity contribution is -0.136. The standard InChI is InChI=1S/C49H57ClFN9O8S/c1-28(2)68-41-26-32(30(5)23-38(41)54-49-52-27-35(50)45(56-49)53-37-9-6-7-10-42(37)69(66,67)29(3)4)31-14-17-57(18-15-31)16-8-11-44(62)59-21-19-58(20-22-59)40-25-34-33(24-36(40)51)47(64)60(48(34)65)39-12-13-43(61)55-46(39)63/h6-7,9-10,23-29,31,39H,8,11-22H2,1-5H3,(H,55,61,63)(H2,52,53,54,56). The molecule has 4 aliphatic heterocycles. The Morgan fingerprint density at radius 1 is 0.913 bits per heavy atom. The predicted octanol–water partition coefficient (Wildman–Crippen LogP) is 6.74. The number of imide groups is 2. The molecule has 0 radical (unpaired) electrons. The molecule has 0 bridgehead atoms. The third-order valence-corrected chi connectivity index (χ3v) is 15.6. The summed E-state index contributed by atoms with van der Waals surface area (Å²) in [6.45, 7) is 13.2. The zero-order valence-electron chi connectivity index (χ0n) is 39.3. The molecular formula is C49H57ClFN9O8S. The van der Waals surface area contributed by atoms with Gasteiger partial charge in [0.1, 0.15) is 22.6 Å². The van der Waals surface area contributed by atoms with Crippen molar-refractivity contribution in [2.75, 3.05) is 61.3 Å². The number of anilines is 5. The van der Waals surface area contributed by atoms with Gasteiger partial charge in [-0.15, -0.1) is 0 Å². The van der Waals surface area contributed by atoms with Gasteiger partial charge in [-0.1, -0.05) is 23.7 Å². The molecule has 0 saturated carbocycles. The molecule has 3 aromatic carbocycles. The first-order valence-electron chi connectivity index (χ1n) is 23.4. The maximum absolute atomic E-state index is 15.5. The zero-order valence-corrected chi connectivity index (χ0v) is 40.9. The molecule has 8 rings (SSSR count). The van der Waals surface area contributed by atoms with Gasteiger partial charge in [-0.3, -0.25) is 34.2 Å². The second-order valence-corrected chi connectivity index (χ2v) is 21.4. The van der Waals surface area contributed by atoms with Gasteiger partial charge >= 0.3 is 0 Å². The van der Waals surface area contributed by atoms with Crippen molar-refractivity contribution in [3.63, 3.8) is 0 Å². The third-order valence-electron chi connectivity index (χ3n) is 13.2. The molecule has 1 unspecified atom stereocenters. The number of benzene rings is 3. The number of amides is 5. The van der Waals surface area contributed by atoms with Crippen molar-refractivity contribution in [1.29, 1.82) is 0 Å². The molecule has 69 heavy (non-hydrogen) atoms. The highest BCUT2D eigenvalue weighted by molar-refractivity contribution is 7.92. The third kappa shape index (κ3) is 10.5. The van der Waals surface area contributed by atoms with Gasteiger partial charge in [0.15, 0.2) is 15.7 Å². The first-order chi connectivity index (χ1) is 32.9. The SMILES string of the molecule is Cc1cc(Nc2ncc(Cl)c(Nc3ccccc3S(=O)(=O)C(C)C)n2)c(OC(C)C)cc1C1CCN(CCCC(=O)N2CCN(c3cc4c(cc3F)C(=O)N(C3CCC(=O)NC3=O)C4=O)CC2)CC1. The van der Waals surface area contributed by atoms with Crippen molar-refractivity contribution in [2.24, 2.45) is 0 Å². The quantitative estimate of drug-likeness (QED) is 0.106. The van der Waals surface area contributed by atoms with E-state index in [1.807, 2.05) is 19.9 Å². The van der Waals surface area contributed by atoms with Crippen LogP contribution in [0.1, 0.15) is 104 Å². The van der Waals surface area contributed by atoms with Crippen LogP contribution in [-0.4, -0.2) is 126 Å². The van der Waals surface area contributed by atoms with Gasteiger partial charge in [0.2, 0.25) is 23.7 Å². The number of likely N-dealkylation sites (tertiary alicyclic amines) is 1. The summed E-state index contributed by atoms with van der Waals surface area (Å²) in [4.78, 5) is 79.8. The number of carbonyl (C=O) groups excluding carboxylic acids is 5. The number of fused-ring (bicyclic) bond motifs is 1. The Morgan fingerprint density at radius 3 is 2.29 bits per heavy atom. The van der Waals surface area contributed by atoms with Crippen LogP contribution in [0.3, 0.4) is 0 Å². The molecule has 3 N–H and O–H groups in total. The fraction of sp³-hybridized carbons (Fsp3) is 0.449. The minimum absolute atomic E-state index is 0.00657.